The van der Waals surface area contributed by atoms with E-state index in [-0.39, 0.29) is 30.3 Å². The van der Waals surface area contributed by atoms with Gasteiger partial charge in [0.25, 0.3) is 5.91 Å². The van der Waals surface area contributed by atoms with Crippen molar-refractivity contribution in [1.82, 2.24) is 15.5 Å². The lowest BCUT2D eigenvalue weighted by molar-refractivity contribution is -0.123. The van der Waals surface area contributed by atoms with Crippen LogP contribution in [0.25, 0.3) is 0 Å². The van der Waals surface area contributed by atoms with Crippen LogP contribution in [0.3, 0.4) is 0 Å². The van der Waals surface area contributed by atoms with E-state index in [0.29, 0.717) is 36.9 Å². The number of carbonyl (C=O) groups is 2. The molecule has 26 heavy (non-hydrogen) atoms. The first-order valence-corrected chi connectivity index (χ1v) is 9.45. The number of hydrogen-bond donors (Lipinski definition) is 2. The van der Waals surface area contributed by atoms with Crippen molar-refractivity contribution in [2.24, 2.45) is 11.8 Å². The van der Waals surface area contributed by atoms with Crippen LogP contribution in [-0.2, 0) is 4.79 Å². The van der Waals surface area contributed by atoms with E-state index in [1.54, 1.807) is 6.07 Å². The quantitative estimate of drug-likeness (QED) is 0.819. The van der Waals surface area contributed by atoms with Crippen LogP contribution in [0.2, 0.25) is 0 Å². The molecule has 146 valence electrons. The molecule has 2 aliphatic heterocycles. The van der Waals surface area contributed by atoms with Crippen LogP contribution < -0.4 is 10.6 Å². The highest BCUT2D eigenvalue weighted by molar-refractivity contribution is 5.93. The van der Waals surface area contributed by atoms with Gasteiger partial charge in [-0.1, -0.05) is 6.92 Å². The predicted octanol–water partition coefficient (Wildman–Crippen LogP) is 2.45. The normalized spacial score (nSPS) is 20.3. The van der Waals surface area contributed by atoms with Gasteiger partial charge in [0, 0.05) is 25.6 Å². The summed E-state index contributed by atoms with van der Waals surface area (Å²) in [6, 6.07) is 1.87. The average Bonchev–Trinajstić information content (AvgIpc) is 3.17. The van der Waals surface area contributed by atoms with Crippen molar-refractivity contribution in [2.45, 2.75) is 45.1 Å². The van der Waals surface area contributed by atoms with E-state index in [9.17, 15) is 9.59 Å². The van der Waals surface area contributed by atoms with E-state index in [0.717, 1.165) is 25.9 Å². The third-order valence-corrected chi connectivity index (χ3v) is 5.61. The summed E-state index contributed by atoms with van der Waals surface area (Å²) >= 11 is 0. The number of halogens is 1. The summed E-state index contributed by atoms with van der Waals surface area (Å²) in [7, 11) is 0. The molecule has 0 saturated carbocycles. The van der Waals surface area contributed by atoms with Gasteiger partial charge in [-0.2, -0.15) is 0 Å². The second-order valence-corrected chi connectivity index (χ2v) is 7.41. The van der Waals surface area contributed by atoms with Crippen LogP contribution in [0.4, 0.5) is 0 Å². The van der Waals surface area contributed by atoms with Gasteiger partial charge in [-0.15, -0.1) is 12.4 Å². The molecule has 3 heterocycles. The molecule has 7 heteroatoms. The van der Waals surface area contributed by atoms with Crippen LogP contribution in [0, 0.1) is 11.8 Å². The largest absolute Gasteiger partial charge is 0.472 e. The van der Waals surface area contributed by atoms with Crippen molar-refractivity contribution in [1.29, 1.82) is 0 Å². The molecule has 1 aromatic heterocycles. The van der Waals surface area contributed by atoms with Gasteiger partial charge in [-0.25, -0.2) is 0 Å². The molecule has 1 unspecified atom stereocenters. The van der Waals surface area contributed by atoms with Gasteiger partial charge < -0.3 is 20.0 Å². The van der Waals surface area contributed by atoms with E-state index < -0.39 is 0 Å². The molecule has 2 aliphatic rings. The first-order chi connectivity index (χ1) is 12.1. The number of nitrogens with zero attached hydrogens (tertiary/aromatic N) is 1. The molecule has 0 bridgehead atoms. The van der Waals surface area contributed by atoms with Crippen LogP contribution in [0.1, 0.15) is 49.4 Å². The molecular formula is C19H30ClN3O3. The zero-order chi connectivity index (χ0) is 17.6. The molecule has 2 saturated heterocycles. The highest BCUT2D eigenvalue weighted by atomic mass is 35.5. The minimum absolute atomic E-state index is 0. The summed E-state index contributed by atoms with van der Waals surface area (Å²) in [6.07, 6.45) is 7.58. The zero-order valence-corrected chi connectivity index (χ0v) is 16.2. The molecule has 6 nitrogen and oxygen atoms in total. The molecule has 0 radical (unpaired) electrons. The van der Waals surface area contributed by atoms with Crippen molar-refractivity contribution in [2.75, 3.05) is 26.2 Å². The van der Waals surface area contributed by atoms with Crippen molar-refractivity contribution in [3.63, 3.8) is 0 Å². The summed E-state index contributed by atoms with van der Waals surface area (Å²) in [5, 5.41) is 6.55. The molecule has 3 rings (SSSR count). The Balaban J connectivity index is 0.00000243. The van der Waals surface area contributed by atoms with Gasteiger partial charge in [0.2, 0.25) is 5.91 Å². The third kappa shape index (κ3) is 5.48. The van der Waals surface area contributed by atoms with E-state index >= 15 is 0 Å². The second kappa shape index (κ2) is 9.97. The van der Waals surface area contributed by atoms with Crippen LogP contribution in [0.5, 0.6) is 0 Å². The Hall–Kier alpha value is -1.53. The number of carbonyl (C=O) groups excluding carboxylic acids is 2. The molecule has 2 N–H and O–H groups in total. The Morgan fingerprint density at radius 1 is 1.27 bits per heavy atom. The highest BCUT2D eigenvalue weighted by Gasteiger charge is 2.27. The maximum atomic E-state index is 12.3. The van der Waals surface area contributed by atoms with Crippen molar-refractivity contribution >= 4 is 24.2 Å². The number of amides is 2. The summed E-state index contributed by atoms with van der Waals surface area (Å²) < 4.78 is 4.98. The molecule has 0 spiro atoms. The zero-order valence-electron chi connectivity index (χ0n) is 15.4. The van der Waals surface area contributed by atoms with E-state index in [1.807, 2.05) is 4.90 Å². The Morgan fingerprint density at radius 2 is 1.96 bits per heavy atom. The lowest BCUT2D eigenvalue weighted by Gasteiger charge is -2.33. The standard InChI is InChI=1S/C19H29N3O3.ClH/c1-14(15-2-7-20-8-3-15)12-18(23)21-17-4-9-22(10-5-17)19(24)16-6-11-25-13-16;/h6,11,13-15,17,20H,2-5,7-10,12H2,1H3,(H,21,23);1H. The number of nitrogens with one attached hydrogen (secondary N) is 2. The smallest absolute Gasteiger partial charge is 0.257 e. The lowest BCUT2D eigenvalue weighted by atomic mass is 9.84. The second-order valence-electron chi connectivity index (χ2n) is 7.41. The molecule has 0 aromatic carbocycles. The van der Waals surface area contributed by atoms with Crippen molar-refractivity contribution in [3.05, 3.63) is 24.2 Å². The van der Waals surface area contributed by atoms with Crippen LogP contribution in [-0.4, -0.2) is 48.9 Å². The molecule has 0 aliphatic carbocycles. The SMILES string of the molecule is CC(CC(=O)NC1CCN(C(=O)c2ccoc2)CC1)C1CCNCC1.Cl. The fourth-order valence-electron chi connectivity index (χ4n) is 3.95. The summed E-state index contributed by atoms with van der Waals surface area (Å²) in [6.45, 7) is 5.69. The van der Waals surface area contributed by atoms with E-state index in [4.69, 9.17) is 4.42 Å². The van der Waals surface area contributed by atoms with E-state index in [2.05, 4.69) is 17.6 Å². The predicted molar refractivity (Wildman–Crippen MR) is 102 cm³/mol. The highest BCUT2D eigenvalue weighted by Crippen LogP contribution is 2.24. The molecule has 1 atom stereocenters. The first kappa shape index (κ1) is 20.8. The minimum Gasteiger partial charge on any atom is -0.472 e. The molecule has 2 amide bonds. The number of piperidine rings is 2. The van der Waals surface area contributed by atoms with Gasteiger partial charge >= 0.3 is 0 Å². The Morgan fingerprint density at radius 3 is 2.58 bits per heavy atom. The maximum Gasteiger partial charge on any atom is 0.257 e. The van der Waals surface area contributed by atoms with E-state index in [1.165, 1.54) is 25.4 Å². The summed E-state index contributed by atoms with van der Waals surface area (Å²) in [5.74, 6) is 1.26. The van der Waals surface area contributed by atoms with Gasteiger partial charge in [0.05, 0.1) is 11.8 Å². The topological polar surface area (TPSA) is 74.6 Å². The number of furan rings is 1. The Bertz CT molecular complexity index is 565. The van der Waals surface area contributed by atoms with Crippen LogP contribution >= 0.6 is 12.4 Å². The summed E-state index contributed by atoms with van der Waals surface area (Å²) in [5.41, 5.74) is 0.596. The number of hydrogen-bond acceptors (Lipinski definition) is 4. The summed E-state index contributed by atoms with van der Waals surface area (Å²) in [4.78, 5) is 26.5. The fourth-order valence-corrected chi connectivity index (χ4v) is 3.95. The van der Waals surface area contributed by atoms with Crippen molar-refractivity contribution in [3.8, 4) is 0 Å². The first-order valence-electron chi connectivity index (χ1n) is 9.45. The van der Waals surface area contributed by atoms with Gasteiger partial charge in [0.15, 0.2) is 0 Å². The van der Waals surface area contributed by atoms with Crippen LogP contribution in [0.15, 0.2) is 23.0 Å². The van der Waals surface area contributed by atoms with Gasteiger partial charge in [0.1, 0.15) is 6.26 Å². The lowest BCUT2D eigenvalue weighted by Crippen LogP contribution is -2.47. The maximum absolute atomic E-state index is 12.3. The monoisotopic (exact) mass is 383 g/mol. The molecular weight excluding hydrogens is 354 g/mol. The molecule has 2 fully saturated rings. The third-order valence-electron chi connectivity index (χ3n) is 5.61. The molecule has 1 aromatic rings. The van der Waals surface area contributed by atoms with Crippen molar-refractivity contribution < 1.29 is 14.0 Å². The van der Waals surface area contributed by atoms with Gasteiger partial charge in [-0.05, 0) is 56.7 Å². The number of rotatable bonds is 5. The Labute approximate surface area is 161 Å². The van der Waals surface area contributed by atoms with Gasteiger partial charge in [-0.3, -0.25) is 9.59 Å². The number of likely N-dealkylation sites (tertiary alicyclic amines) is 1. The minimum atomic E-state index is 0. The average molecular weight is 384 g/mol. The Kier molecular flexibility index (Phi) is 7.97. The fraction of sp³-hybridized carbons (Fsp3) is 0.684.